The highest BCUT2D eigenvalue weighted by atomic mass is 79.9. The van der Waals surface area contributed by atoms with Gasteiger partial charge in [0.2, 0.25) is 0 Å². The number of hydrogen-bond donors (Lipinski definition) is 1. The molecule has 0 radical (unpaired) electrons. The van der Waals surface area contributed by atoms with E-state index in [9.17, 15) is 24.3 Å². The maximum absolute atomic E-state index is 13.3. The molecule has 2 aromatic carbocycles. The molecule has 1 N–H and O–H groups in total. The van der Waals surface area contributed by atoms with Crippen molar-refractivity contribution in [2.24, 2.45) is 7.05 Å². The molecule has 2 aliphatic carbocycles. The molecule has 0 saturated heterocycles. The highest BCUT2D eigenvalue weighted by molar-refractivity contribution is 9.12. The third kappa shape index (κ3) is 3.66. The van der Waals surface area contributed by atoms with Gasteiger partial charge in [0.15, 0.2) is 11.6 Å². The molecule has 0 unspecified atom stereocenters. The first-order chi connectivity index (χ1) is 18.3. The van der Waals surface area contributed by atoms with Crippen LogP contribution in [0.4, 0.5) is 0 Å². The van der Waals surface area contributed by atoms with Crippen LogP contribution in [0.25, 0.3) is 0 Å². The lowest BCUT2D eigenvalue weighted by molar-refractivity contribution is -0.115. The van der Waals surface area contributed by atoms with E-state index in [2.05, 4.69) is 15.9 Å². The number of nitrogens with zero attached hydrogens (tertiary/aromatic N) is 3. The monoisotopic (exact) mass is 575 g/mol. The second-order valence-electron chi connectivity index (χ2n) is 9.48. The fraction of sp³-hybridized carbons (Fsp3) is 0.214. The van der Waals surface area contributed by atoms with Gasteiger partial charge in [-0.25, -0.2) is 23.5 Å². The van der Waals surface area contributed by atoms with E-state index >= 15 is 0 Å². The molecule has 0 spiro atoms. The van der Waals surface area contributed by atoms with Crippen LogP contribution in [0.1, 0.15) is 29.5 Å². The minimum Gasteiger partial charge on any atom is -0.507 e. The van der Waals surface area contributed by atoms with Gasteiger partial charge in [0, 0.05) is 48.2 Å². The minimum absolute atomic E-state index is 0.0770. The summed E-state index contributed by atoms with van der Waals surface area (Å²) in [5.74, 6) is -1.14. The number of benzene rings is 2. The summed E-state index contributed by atoms with van der Waals surface area (Å²) in [6, 6.07) is 13.8. The average molecular weight is 576 g/mol. The first-order valence-electron chi connectivity index (χ1n) is 12.0. The highest BCUT2D eigenvalue weighted by Gasteiger charge is 2.45. The lowest BCUT2D eigenvalue weighted by Crippen LogP contribution is -2.40. The Morgan fingerprint density at radius 3 is 2.55 bits per heavy atom. The molecule has 0 fully saturated rings. The number of rotatable bonds is 4. The number of aromatic hydroxyl groups is 1. The summed E-state index contributed by atoms with van der Waals surface area (Å²) in [6.45, 7) is 0.437. The van der Waals surface area contributed by atoms with Crippen LogP contribution in [-0.4, -0.2) is 30.6 Å². The first kappa shape index (κ1) is 24.2. The Bertz CT molecular complexity index is 1740. The quantitative estimate of drug-likeness (QED) is 0.378. The number of carbonyl (C=O) groups is 2. The van der Waals surface area contributed by atoms with Crippen molar-refractivity contribution >= 4 is 27.5 Å². The molecule has 1 aliphatic heterocycles. The molecule has 2 heterocycles. The van der Waals surface area contributed by atoms with Crippen LogP contribution in [0, 0.1) is 0 Å². The van der Waals surface area contributed by atoms with Gasteiger partial charge >= 0.3 is 11.4 Å². The summed E-state index contributed by atoms with van der Waals surface area (Å²) in [4.78, 5) is 52.1. The molecular weight excluding hydrogens is 554 g/mol. The Morgan fingerprint density at radius 2 is 1.82 bits per heavy atom. The van der Waals surface area contributed by atoms with Crippen molar-refractivity contribution in [3.05, 3.63) is 114 Å². The number of allylic oxidation sites excluding steroid dienone is 6. The SMILES string of the molecule is Cn1c(=O)n2n(c1=O)[C@@H]1CC3=C(C(=O)C=C(Br)C3=O)[C@@H](c3ccc(OCc4ccccc4)cc3O)C1=CC2. The normalized spacial score (nSPS) is 20.4. The molecule has 192 valence electrons. The van der Waals surface area contributed by atoms with E-state index in [1.807, 2.05) is 36.4 Å². The Hall–Kier alpha value is -4.18. The number of halogens is 1. The molecule has 0 bridgehead atoms. The second kappa shape index (κ2) is 8.98. The zero-order valence-corrected chi connectivity index (χ0v) is 21.8. The van der Waals surface area contributed by atoms with E-state index in [-0.39, 0.29) is 45.9 Å². The predicted octanol–water partition coefficient (Wildman–Crippen LogP) is 3.03. The molecule has 1 aromatic heterocycles. The number of aromatic nitrogens is 3. The zero-order chi connectivity index (χ0) is 26.7. The number of carbonyl (C=O) groups excluding carboxylic acids is 2. The number of hydrogen-bond acceptors (Lipinski definition) is 6. The molecule has 3 aromatic rings. The van der Waals surface area contributed by atoms with E-state index in [1.165, 1.54) is 28.6 Å². The van der Waals surface area contributed by atoms with Crippen molar-refractivity contribution in [3.63, 3.8) is 0 Å². The van der Waals surface area contributed by atoms with Crippen LogP contribution in [-0.2, 0) is 29.8 Å². The Balaban J connectivity index is 1.46. The maximum Gasteiger partial charge on any atom is 0.347 e. The predicted molar refractivity (Wildman–Crippen MR) is 141 cm³/mol. The first-order valence-corrected chi connectivity index (χ1v) is 12.8. The smallest absolute Gasteiger partial charge is 0.347 e. The molecule has 0 amide bonds. The van der Waals surface area contributed by atoms with E-state index in [0.29, 0.717) is 23.5 Å². The Morgan fingerprint density at radius 1 is 1.05 bits per heavy atom. The maximum atomic E-state index is 13.3. The third-order valence-electron chi connectivity index (χ3n) is 7.35. The molecule has 38 heavy (non-hydrogen) atoms. The molecule has 10 heteroatoms. The molecule has 3 aliphatic rings. The van der Waals surface area contributed by atoms with Gasteiger partial charge in [-0.2, -0.15) is 0 Å². The fourth-order valence-electron chi connectivity index (χ4n) is 5.54. The summed E-state index contributed by atoms with van der Waals surface area (Å²) in [5, 5.41) is 11.1. The van der Waals surface area contributed by atoms with Gasteiger partial charge in [-0.3, -0.25) is 9.59 Å². The van der Waals surface area contributed by atoms with Crippen molar-refractivity contribution in [2.75, 3.05) is 0 Å². The van der Waals surface area contributed by atoms with Crippen LogP contribution in [0.2, 0.25) is 0 Å². The van der Waals surface area contributed by atoms with E-state index in [0.717, 1.165) is 10.1 Å². The van der Waals surface area contributed by atoms with Gasteiger partial charge in [-0.05, 0) is 33.1 Å². The molecule has 9 nitrogen and oxygen atoms in total. The van der Waals surface area contributed by atoms with Gasteiger partial charge in [0.25, 0.3) is 0 Å². The van der Waals surface area contributed by atoms with Gasteiger partial charge < -0.3 is 9.84 Å². The third-order valence-corrected chi connectivity index (χ3v) is 7.94. The summed E-state index contributed by atoms with van der Waals surface area (Å²) in [5.41, 5.74) is 1.62. The lowest BCUT2D eigenvalue weighted by Gasteiger charge is -2.39. The number of ketones is 2. The fourth-order valence-corrected chi connectivity index (χ4v) is 5.99. The Kier molecular flexibility index (Phi) is 5.71. The molecule has 0 saturated carbocycles. The zero-order valence-electron chi connectivity index (χ0n) is 20.3. The van der Waals surface area contributed by atoms with Gasteiger partial charge in [-0.1, -0.05) is 42.5 Å². The second-order valence-corrected chi connectivity index (χ2v) is 10.3. The van der Waals surface area contributed by atoms with E-state index in [1.54, 1.807) is 12.1 Å². The number of ether oxygens (including phenoxy) is 1. The molecular formula is C28H22BrN3O6. The van der Waals surface area contributed by atoms with Gasteiger partial charge in [0.1, 0.15) is 18.1 Å². The van der Waals surface area contributed by atoms with Crippen molar-refractivity contribution in [2.45, 2.75) is 31.5 Å². The summed E-state index contributed by atoms with van der Waals surface area (Å²) >= 11 is 3.19. The van der Waals surface area contributed by atoms with Gasteiger partial charge in [0.05, 0.1) is 17.1 Å². The van der Waals surface area contributed by atoms with Crippen LogP contribution in [0.3, 0.4) is 0 Å². The van der Waals surface area contributed by atoms with Crippen LogP contribution in [0.15, 0.2) is 91.5 Å². The van der Waals surface area contributed by atoms with E-state index in [4.69, 9.17) is 4.74 Å². The van der Waals surface area contributed by atoms with Crippen molar-refractivity contribution in [1.29, 1.82) is 0 Å². The largest absolute Gasteiger partial charge is 0.507 e. The van der Waals surface area contributed by atoms with Crippen LogP contribution >= 0.6 is 15.9 Å². The number of phenols is 1. The summed E-state index contributed by atoms with van der Waals surface area (Å²) in [6.07, 6.45) is 3.13. The number of fused-ring (bicyclic) bond motifs is 3. The topological polar surface area (TPSA) is 113 Å². The van der Waals surface area contributed by atoms with Crippen molar-refractivity contribution in [3.8, 4) is 11.5 Å². The van der Waals surface area contributed by atoms with Crippen LogP contribution in [0.5, 0.6) is 11.5 Å². The van der Waals surface area contributed by atoms with Gasteiger partial charge in [-0.15, -0.1) is 0 Å². The summed E-state index contributed by atoms with van der Waals surface area (Å²) < 4.78 is 9.69. The van der Waals surface area contributed by atoms with Crippen molar-refractivity contribution in [1.82, 2.24) is 13.9 Å². The standard InChI is InChI=1S/C28H22BrN3O6/c1-30-27(36)31-10-9-17-21(32(31)28(30)37)12-19-25(23(34)13-20(29)26(19)35)24(17)18-8-7-16(11-22(18)33)38-14-15-5-3-2-4-6-15/h2-9,11,13,21,24,33H,10,12,14H2,1H3/t21-,24-/m1/s1. The number of Topliss-reactive ketones (excluding diaryl/α,β-unsaturated/α-hetero) is 1. The average Bonchev–Trinajstić information content (AvgIpc) is 3.14. The minimum atomic E-state index is -0.781. The Labute approximate surface area is 224 Å². The summed E-state index contributed by atoms with van der Waals surface area (Å²) in [7, 11) is 1.41. The lowest BCUT2D eigenvalue weighted by atomic mass is 9.68. The molecule has 2 atom stereocenters. The molecule has 6 rings (SSSR count). The van der Waals surface area contributed by atoms with Crippen molar-refractivity contribution < 1.29 is 19.4 Å². The highest BCUT2D eigenvalue weighted by Crippen LogP contribution is 2.51. The van der Waals surface area contributed by atoms with Crippen LogP contribution < -0.4 is 16.1 Å². The van der Waals surface area contributed by atoms with E-state index < -0.39 is 23.3 Å². The number of phenolic OH excluding ortho intramolecular Hbond substituents is 1.